The lowest BCUT2D eigenvalue weighted by Crippen LogP contribution is -2.55. The number of hydrogen-bond donors (Lipinski definition) is 0. The first-order valence-electron chi connectivity index (χ1n) is 9.71. The summed E-state index contributed by atoms with van der Waals surface area (Å²) in [6, 6.07) is 3.93. The molecule has 142 valence electrons. The zero-order valence-electron chi connectivity index (χ0n) is 16.3. The molecule has 1 atom stereocenters. The highest BCUT2D eigenvalue weighted by Gasteiger charge is 2.42. The maximum Gasteiger partial charge on any atom is 0.223 e. The number of carbonyl (C=O) groups excluding carboxylic acids is 2. The van der Waals surface area contributed by atoms with E-state index < -0.39 is 0 Å². The smallest absolute Gasteiger partial charge is 0.223 e. The fourth-order valence-electron chi connectivity index (χ4n) is 4.27. The molecule has 5 heteroatoms. The summed E-state index contributed by atoms with van der Waals surface area (Å²) in [4.78, 5) is 33.3. The lowest BCUT2D eigenvalue weighted by Gasteiger charge is -2.48. The molecule has 0 bridgehead atoms. The quantitative estimate of drug-likeness (QED) is 0.834. The zero-order valence-corrected chi connectivity index (χ0v) is 16.3. The van der Waals surface area contributed by atoms with Crippen LogP contribution in [0.4, 0.5) is 0 Å². The van der Waals surface area contributed by atoms with Crippen molar-refractivity contribution in [2.45, 2.75) is 59.4 Å². The predicted molar refractivity (Wildman–Crippen MR) is 101 cm³/mol. The normalized spacial score (nSPS) is 24.2. The topological polar surface area (TPSA) is 53.5 Å². The van der Waals surface area contributed by atoms with Gasteiger partial charge in [-0.2, -0.15) is 0 Å². The Bertz CT molecular complexity index is 653. The van der Waals surface area contributed by atoms with Crippen LogP contribution in [0.2, 0.25) is 0 Å². The van der Waals surface area contributed by atoms with Crippen molar-refractivity contribution in [1.82, 2.24) is 14.8 Å². The fourth-order valence-corrected chi connectivity index (χ4v) is 4.27. The van der Waals surface area contributed by atoms with Crippen molar-refractivity contribution >= 4 is 11.8 Å². The Balaban J connectivity index is 1.68. The van der Waals surface area contributed by atoms with E-state index >= 15 is 0 Å². The van der Waals surface area contributed by atoms with Gasteiger partial charge in [-0.05, 0) is 42.4 Å². The van der Waals surface area contributed by atoms with Gasteiger partial charge in [0.05, 0.1) is 0 Å². The van der Waals surface area contributed by atoms with Crippen LogP contribution in [-0.4, -0.2) is 46.2 Å². The standard InChI is InChI=1S/C21H31N3O2/c1-20(2,3)13-19(26)23-12-4-8-21(15-23)9-5-18(25)24(16-21)14-17-6-10-22-11-7-17/h6-7,10-11H,4-5,8-9,12-16H2,1-3H3. The minimum Gasteiger partial charge on any atom is -0.342 e. The summed E-state index contributed by atoms with van der Waals surface area (Å²) in [5.41, 5.74) is 1.19. The maximum absolute atomic E-state index is 12.7. The maximum atomic E-state index is 12.7. The molecular weight excluding hydrogens is 326 g/mol. The summed E-state index contributed by atoms with van der Waals surface area (Å²) in [7, 11) is 0. The van der Waals surface area contributed by atoms with Gasteiger partial charge >= 0.3 is 0 Å². The number of amides is 2. The molecule has 2 aliphatic heterocycles. The molecule has 2 amide bonds. The van der Waals surface area contributed by atoms with Crippen LogP contribution in [0.15, 0.2) is 24.5 Å². The third-order valence-corrected chi connectivity index (χ3v) is 5.57. The molecule has 1 aromatic heterocycles. The van der Waals surface area contributed by atoms with Crippen molar-refractivity contribution in [2.75, 3.05) is 19.6 Å². The Morgan fingerprint density at radius 1 is 1.19 bits per heavy atom. The first-order valence-corrected chi connectivity index (χ1v) is 9.71. The van der Waals surface area contributed by atoms with Crippen LogP contribution < -0.4 is 0 Å². The Morgan fingerprint density at radius 2 is 1.92 bits per heavy atom. The van der Waals surface area contributed by atoms with Crippen LogP contribution in [0.1, 0.15) is 58.4 Å². The van der Waals surface area contributed by atoms with Crippen molar-refractivity contribution in [3.8, 4) is 0 Å². The summed E-state index contributed by atoms with van der Waals surface area (Å²) >= 11 is 0. The number of likely N-dealkylation sites (tertiary alicyclic amines) is 2. The molecule has 26 heavy (non-hydrogen) atoms. The molecule has 0 aromatic carbocycles. The molecule has 2 saturated heterocycles. The van der Waals surface area contributed by atoms with Gasteiger partial charge in [-0.1, -0.05) is 20.8 Å². The van der Waals surface area contributed by atoms with Crippen molar-refractivity contribution in [3.05, 3.63) is 30.1 Å². The fraction of sp³-hybridized carbons (Fsp3) is 0.667. The molecule has 1 spiro atoms. The molecule has 3 heterocycles. The van der Waals surface area contributed by atoms with Gasteiger partial charge in [0.2, 0.25) is 11.8 Å². The molecular formula is C21H31N3O2. The molecule has 5 nitrogen and oxygen atoms in total. The highest BCUT2D eigenvalue weighted by Crippen LogP contribution is 2.39. The number of pyridine rings is 1. The van der Waals surface area contributed by atoms with Gasteiger partial charge in [0.15, 0.2) is 0 Å². The second-order valence-corrected chi connectivity index (χ2v) is 9.26. The van der Waals surface area contributed by atoms with Crippen LogP contribution in [0.25, 0.3) is 0 Å². The van der Waals surface area contributed by atoms with E-state index in [9.17, 15) is 9.59 Å². The third kappa shape index (κ3) is 4.63. The molecule has 0 saturated carbocycles. The Hall–Kier alpha value is -1.91. The summed E-state index contributed by atoms with van der Waals surface area (Å²) in [6.07, 6.45) is 7.76. The van der Waals surface area contributed by atoms with E-state index in [1.807, 2.05) is 17.0 Å². The zero-order chi connectivity index (χ0) is 18.8. The third-order valence-electron chi connectivity index (χ3n) is 5.57. The van der Waals surface area contributed by atoms with E-state index in [1.54, 1.807) is 12.4 Å². The molecule has 0 aliphatic carbocycles. The first-order chi connectivity index (χ1) is 12.3. The number of nitrogens with zero attached hydrogens (tertiary/aromatic N) is 3. The molecule has 0 radical (unpaired) electrons. The Kier molecular flexibility index (Phi) is 5.35. The first kappa shape index (κ1) is 18.9. The highest BCUT2D eigenvalue weighted by molar-refractivity contribution is 5.78. The van der Waals surface area contributed by atoms with Crippen LogP contribution in [0, 0.1) is 10.8 Å². The van der Waals surface area contributed by atoms with Crippen LogP contribution in [-0.2, 0) is 16.1 Å². The number of rotatable bonds is 3. The molecule has 1 unspecified atom stereocenters. The summed E-state index contributed by atoms with van der Waals surface area (Å²) in [6.45, 7) is 9.38. The van der Waals surface area contributed by atoms with Gasteiger partial charge in [-0.15, -0.1) is 0 Å². The number of aromatic nitrogens is 1. The van der Waals surface area contributed by atoms with Gasteiger partial charge < -0.3 is 9.80 Å². The predicted octanol–water partition coefficient (Wildman–Crippen LogP) is 3.25. The van der Waals surface area contributed by atoms with Gasteiger partial charge in [0.1, 0.15) is 0 Å². The monoisotopic (exact) mass is 357 g/mol. The van der Waals surface area contributed by atoms with E-state index in [4.69, 9.17) is 0 Å². The second kappa shape index (κ2) is 7.37. The van der Waals surface area contributed by atoms with E-state index in [2.05, 4.69) is 30.7 Å². The van der Waals surface area contributed by atoms with Gasteiger partial charge in [0.25, 0.3) is 0 Å². The van der Waals surface area contributed by atoms with Gasteiger partial charge in [-0.25, -0.2) is 0 Å². The van der Waals surface area contributed by atoms with Gasteiger partial charge in [0, 0.05) is 56.8 Å². The van der Waals surface area contributed by atoms with E-state index in [1.165, 1.54) is 0 Å². The van der Waals surface area contributed by atoms with Crippen LogP contribution in [0.5, 0.6) is 0 Å². The van der Waals surface area contributed by atoms with Crippen molar-refractivity contribution in [1.29, 1.82) is 0 Å². The minimum atomic E-state index is 0.0115. The van der Waals surface area contributed by atoms with Gasteiger partial charge in [-0.3, -0.25) is 14.6 Å². The molecule has 0 N–H and O–H groups in total. The average Bonchev–Trinajstić information content (AvgIpc) is 2.58. The molecule has 2 aliphatic rings. The van der Waals surface area contributed by atoms with E-state index in [-0.39, 0.29) is 22.6 Å². The lowest BCUT2D eigenvalue weighted by atomic mass is 9.73. The summed E-state index contributed by atoms with van der Waals surface area (Å²) in [5.74, 6) is 0.486. The highest BCUT2D eigenvalue weighted by atomic mass is 16.2. The largest absolute Gasteiger partial charge is 0.342 e. The number of carbonyl (C=O) groups is 2. The van der Waals surface area contributed by atoms with Crippen molar-refractivity contribution < 1.29 is 9.59 Å². The summed E-state index contributed by atoms with van der Waals surface area (Å²) < 4.78 is 0. The molecule has 3 rings (SSSR count). The Morgan fingerprint density at radius 3 is 2.62 bits per heavy atom. The van der Waals surface area contributed by atoms with Crippen LogP contribution in [0.3, 0.4) is 0 Å². The SMILES string of the molecule is CC(C)(C)CC(=O)N1CCCC2(CCC(=O)N(Cc3ccncc3)C2)C1. The van der Waals surface area contributed by atoms with Crippen LogP contribution >= 0.6 is 0 Å². The average molecular weight is 357 g/mol. The number of hydrogen-bond acceptors (Lipinski definition) is 3. The summed E-state index contributed by atoms with van der Waals surface area (Å²) in [5, 5.41) is 0. The van der Waals surface area contributed by atoms with E-state index in [0.29, 0.717) is 19.4 Å². The van der Waals surface area contributed by atoms with E-state index in [0.717, 1.165) is 44.5 Å². The molecule has 2 fully saturated rings. The Labute approximate surface area is 156 Å². The second-order valence-electron chi connectivity index (χ2n) is 9.26. The van der Waals surface area contributed by atoms with Crippen molar-refractivity contribution in [2.24, 2.45) is 10.8 Å². The minimum absolute atomic E-state index is 0.0115. The van der Waals surface area contributed by atoms with Crippen molar-refractivity contribution in [3.63, 3.8) is 0 Å². The number of piperidine rings is 2. The molecule has 1 aromatic rings. The lowest BCUT2D eigenvalue weighted by molar-refractivity contribution is -0.144.